The zero-order valence-electron chi connectivity index (χ0n) is 9.48. The SMILES string of the molecule is C=C(CCC=Cc1ccccc1)C(=O)OC. The molecule has 1 rings (SSSR count). The Bertz CT molecular complexity index is 377. The van der Waals surface area contributed by atoms with Gasteiger partial charge in [-0.1, -0.05) is 49.1 Å². The van der Waals surface area contributed by atoms with E-state index in [1.807, 2.05) is 42.5 Å². The van der Waals surface area contributed by atoms with Crippen LogP contribution < -0.4 is 0 Å². The van der Waals surface area contributed by atoms with E-state index in [1.54, 1.807) is 0 Å². The van der Waals surface area contributed by atoms with Crippen molar-refractivity contribution in [1.82, 2.24) is 0 Å². The number of hydrogen-bond donors (Lipinski definition) is 0. The predicted molar refractivity (Wildman–Crippen MR) is 65.9 cm³/mol. The maximum absolute atomic E-state index is 11.0. The number of hydrogen-bond acceptors (Lipinski definition) is 2. The molecule has 0 unspecified atom stereocenters. The molecule has 0 aromatic heterocycles. The number of allylic oxidation sites excluding steroid dienone is 1. The summed E-state index contributed by atoms with van der Waals surface area (Å²) in [6.07, 6.45) is 5.49. The molecule has 0 radical (unpaired) electrons. The van der Waals surface area contributed by atoms with Crippen LogP contribution in [0, 0.1) is 0 Å². The molecule has 2 heteroatoms. The maximum atomic E-state index is 11.0. The molecule has 16 heavy (non-hydrogen) atoms. The molecule has 0 fully saturated rings. The first-order valence-corrected chi connectivity index (χ1v) is 5.21. The van der Waals surface area contributed by atoms with Crippen molar-refractivity contribution in [3.8, 4) is 0 Å². The van der Waals surface area contributed by atoms with E-state index >= 15 is 0 Å². The second-order valence-corrected chi connectivity index (χ2v) is 3.45. The van der Waals surface area contributed by atoms with E-state index in [-0.39, 0.29) is 5.97 Å². The number of benzene rings is 1. The first kappa shape index (κ1) is 12.2. The van der Waals surface area contributed by atoms with E-state index in [0.29, 0.717) is 12.0 Å². The van der Waals surface area contributed by atoms with Gasteiger partial charge in [-0.25, -0.2) is 4.79 Å². The molecule has 0 N–H and O–H groups in total. The van der Waals surface area contributed by atoms with E-state index < -0.39 is 0 Å². The molecule has 0 saturated carbocycles. The van der Waals surface area contributed by atoms with Crippen LogP contribution in [0.1, 0.15) is 18.4 Å². The van der Waals surface area contributed by atoms with Crippen molar-refractivity contribution in [3.05, 3.63) is 54.1 Å². The molecule has 0 atom stereocenters. The lowest BCUT2D eigenvalue weighted by Crippen LogP contribution is -2.02. The van der Waals surface area contributed by atoms with Crippen LogP contribution in [0.15, 0.2) is 48.6 Å². The summed E-state index contributed by atoms with van der Waals surface area (Å²) in [5.74, 6) is -0.326. The second-order valence-electron chi connectivity index (χ2n) is 3.45. The van der Waals surface area contributed by atoms with Gasteiger partial charge in [-0.15, -0.1) is 0 Å². The largest absolute Gasteiger partial charge is 0.466 e. The third-order valence-corrected chi connectivity index (χ3v) is 2.20. The van der Waals surface area contributed by atoms with Crippen molar-refractivity contribution in [1.29, 1.82) is 0 Å². The lowest BCUT2D eigenvalue weighted by atomic mass is 10.1. The van der Waals surface area contributed by atoms with Gasteiger partial charge in [0.2, 0.25) is 0 Å². The Morgan fingerprint density at radius 1 is 1.38 bits per heavy atom. The standard InChI is InChI=1S/C14H16O2/c1-12(14(15)16-2)8-6-7-11-13-9-4-3-5-10-13/h3-5,7,9-11H,1,6,8H2,2H3. The third-order valence-electron chi connectivity index (χ3n) is 2.20. The van der Waals surface area contributed by atoms with Crippen LogP contribution >= 0.6 is 0 Å². The zero-order chi connectivity index (χ0) is 11.8. The van der Waals surface area contributed by atoms with Gasteiger partial charge in [-0.3, -0.25) is 0 Å². The van der Waals surface area contributed by atoms with Gasteiger partial charge in [0.1, 0.15) is 0 Å². The van der Waals surface area contributed by atoms with Crippen molar-refractivity contribution in [2.75, 3.05) is 7.11 Å². The minimum absolute atomic E-state index is 0.326. The van der Waals surface area contributed by atoms with Crippen LogP contribution in [-0.4, -0.2) is 13.1 Å². The van der Waals surface area contributed by atoms with E-state index in [2.05, 4.69) is 11.3 Å². The van der Waals surface area contributed by atoms with Crippen LogP contribution in [0.25, 0.3) is 6.08 Å². The molecule has 0 aliphatic rings. The van der Waals surface area contributed by atoms with Gasteiger partial charge in [-0.2, -0.15) is 0 Å². The Hall–Kier alpha value is -1.83. The second kappa shape index (κ2) is 6.62. The molecule has 0 aliphatic heterocycles. The molecule has 84 valence electrons. The highest BCUT2D eigenvalue weighted by Crippen LogP contribution is 2.07. The summed E-state index contributed by atoms with van der Waals surface area (Å²) >= 11 is 0. The van der Waals surface area contributed by atoms with Crippen molar-refractivity contribution < 1.29 is 9.53 Å². The molecule has 0 aliphatic carbocycles. The highest BCUT2D eigenvalue weighted by Gasteiger charge is 2.03. The zero-order valence-corrected chi connectivity index (χ0v) is 9.48. The van der Waals surface area contributed by atoms with E-state index in [4.69, 9.17) is 0 Å². The molecular formula is C14H16O2. The molecule has 0 amide bonds. The Morgan fingerprint density at radius 2 is 2.06 bits per heavy atom. The Labute approximate surface area is 96.2 Å². The molecule has 0 bridgehead atoms. The first-order chi connectivity index (χ1) is 7.74. The Balaban J connectivity index is 2.34. The van der Waals surface area contributed by atoms with Crippen molar-refractivity contribution in [2.24, 2.45) is 0 Å². The average molecular weight is 216 g/mol. The minimum Gasteiger partial charge on any atom is -0.466 e. The van der Waals surface area contributed by atoms with E-state index in [9.17, 15) is 4.79 Å². The highest BCUT2D eigenvalue weighted by atomic mass is 16.5. The Morgan fingerprint density at radius 3 is 2.69 bits per heavy atom. The van der Waals surface area contributed by atoms with Gasteiger partial charge in [0.25, 0.3) is 0 Å². The maximum Gasteiger partial charge on any atom is 0.333 e. The summed E-state index contributed by atoms with van der Waals surface area (Å²) in [5.41, 5.74) is 1.67. The number of esters is 1. The van der Waals surface area contributed by atoms with Gasteiger partial charge < -0.3 is 4.74 Å². The molecule has 0 heterocycles. The van der Waals surface area contributed by atoms with Crippen molar-refractivity contribution in [3.63, 3.8) is 0 Å². The van der Waals surface area contributed by atoms with Gasteiger partial charge in [0.05, 0.1) is 7.11 Å². The van der Waals surface area contributed by atoms with Crippen LogP contribution in [0.3, 0.4) is 0 Å². The molecule has 1 aromatic carbocycles. The topological polar surface area (TPSA) is 26.3 Å². The lowest BCUT2D eigenvalue weighted by Gasteiger charge is -2.00. The predicted octanol–water partition coefficient (Wildman–Crippen LogP) is 3.21. The normalized spacial score (nSPS) is 10.3. The number of methoxy groups -OCH3 is 1. The summed E-state index contributed by atoms with van der Waals surface area (Å²) in [7, 11) is 1.37. The van der Waals surface area contributed by atoms with Crippen molar-refractivity contribution >= 4 is 12.0 Å². The van der Waals surface area contributed by atoms with Crippen LogP contribution in [0.4, 0.5) is 0 Å². The summed E-state index contributed by atoms with van der Waals surface area (Å²) in [5, 5.41) is 0. The van der Waals surface area contributed by atoms with Gasteiger partial charge in [0.15, 0.2) is 0 Å². The smallest absolute Gasteiger partial charge is 0.333 e. The molecule has 2 nitrogen and oxygen atoms in total. The fourth-order valence-corrected chi connectivity index (χ4v) is 1.29. The van der Waals surface area contributed by atoms with Crippen LogP contribution in [0.5, 0.6) is 0 Å². The molecular weight excluding hydrogens is 200 g/mol. The van der Waals surface area contributed by atoms with E-state index in [0.717, 1.165) is 12.0 Å². The number of carbonyl (C=O) groups excluding carboxylic acids is 1. The van der Waals surface area contributed by atoms with Gasteiger partial charge in [0, 0.05) is 5.57 Å². The first-order valence-electron chi connectivity index (χ1n) is 5.21. The highest BCUT2D eigenvalue weighted by molar-refractivity contribution is 5.87. The van der Waals surface area contributed by atoms with Gasteiger partial charge in [-0.05, 0) is 18.4 Å². The number of ether oxygens (including phenoxy) is 1. The summed E-state index contributed by atoms with van der Waals surface area (Å²) < 4.78 is 4.56. The number of carbonyl (C=O) groups is 1. The summed E-state index contributed by atoms with van der Waals surface area (Å²) in [4.78, 5) is 11.0. The summed E-state index contributed by atoms with van der Waals surface area (Å²) in [6.45, 7) is 3.66. The monoisotopic (exact) mass is 216 g/mol. The molecule has 1 aromatic rings. The third kappa shape index (κ3) is 4.13. The number of rotatable bonds is 5. The Kier molecular flexibility index (Phi) is 5.06. The van der Waals surface area contributed by atoms with E-state index in [1.165, 1.54) is 7.11 Å². The molecule has 0 spiro atoms. The molecule has 0 saturated heterocycles. The quantitative estimate of drug-likeness (QED) is 0.558. The fraction of sp³-hybridized carbons (Fsp3) is 0.214. The average Bonchev–Trinajstić information content (AvgIpc) is 2.34. The van der Waals surface area contributed by atoms with Gasteiger partial charge >= 0.3 is 5.97 Å². The van der Waals surface area contributed by atoms with Crippen LogP contribution in [0.2, 0.25) is 0 Å². The fourth-order valence-electron chi connectivity index (χ4n) is 1.29. The lowest BCUT2D eigenvalue weighted by molar-refractivity contribution is -0.136. The van der Waals surface area contributed by atoms with Crippen molar-refractivity contribution in [2.45, 2.75) is 12.8 Å². The minimum atomic E-state index is -0.326. The van der Waals surface area contributed by atoms with Crippen LogP contribution in [-0.2, 0) is 9.53 Å². The summed E-state index contributed by atoms with van der Waals surface area (Å²) in [6, 6.07) is 10.0.